The zero-order chi connectivity index (χ0) is 22.2. The number of benzene rings is 1. The third-order valence-corrected chi connectivity index (χ3v) is 4.95. The summed E-state index contributed by atoms with van der Waals surface area (Å²) >= 11 is 6.10. The van der Waals surface area contributed by atoms with Crippen molar-refractivity contribution < 1.29 is 23.9 Å². The van der Waals surface area contributed by atoms with Gasteiger partial charge in [-0.2, -0.15) is 0 Å². The summed E-state index contributed by atoms with van der Waals surface area (Å²) in [7, 11) is 0. The van der Waals surface area contributed by atoms with Crippen LogP contribution in [0.1, 0.15) is 30.1 Å². The molecule has 2 aromatic rings. The Hall–Kier alpha value is -3.33. The van der Waals surface area contributed by atoms with Gasteiger partial charge in [0.05, 0.1) is 0 Å². The fourth-order valence-corrected chi connectivity index (χ4v) is 3.24. The van der Waals surface area contributed by atoms with Crippen molar-refractivity contribution in [2.75, 3.05) is 24.6 Å². The maximum Gasteiger partial charge on any atom is 0.303 e. The number of hydrogen-bond acceptors (Lipinski definition) is 7. The number of hydrazine groups is 1. The Bertz CT molecular complexity index is 930. The lowest BCUT2D eigenvalue weighted by Crippen LogP contribution is -2.43. The number of hydrogen-bond donors (Lipinski definition) is 2. The van der Waals surface area contributed by atoms with E-state index in [1.807, 2.05) is 12.1 Å². The first-order valence-electron chi connectivity index (χ1n) is 9.77. The van der Waals surface area contributed by atoms with Crippen molar-refractivity contribution >= 4 is 35.1 Å². The van der Waals surface area contributed by atoms with Crippen LogP contribution in [0, 0.1) is 0 Å². The minimum absolute atomic E-state index is 0.0456. The molecular formula is C21H23ClN4O5. The van der Waals surface area contributed by atoms with Gasteiger partial charge in [-0.3, -0.25) is 25.2 Å². The first-order chi connectivity index (χ1) is 14.9. The van der Waals surface area contributed by atoms with Crippen LogP contribution in [0.2, 0.25) is 5.02 Å². The molecule has 0 bridgehead atoms. The zero-order valence-corrected chi connectivity index (χ0v) is 17.7. The van der Waals surface area contributed by atoms with Crippen LogP contribution in [0.25, 0.3) is 0 Å². The monoisotopic (exact) mass is 446 g/mol. The highest BCUT2D eigenvalue weighted by Gasteiger charge is 2.22. The summed E-state index contributed by atoms with van der Waals surface area (Å²) < 4.78 is 10.5. The number of pyridine rings is 1. The van der Waals surface area contributed by atoms with Crippen LogP contribution in [0.5, 0.6) is 5.88 Å². The predicted octanol–water partition coefficient (Wildman–Crippen LogP) is 2.11. The lowest BCUT2D eigenvalue weighted by atomic mass is 10.1. The van der Waals surface area contributed by atoms with E-state index in [2.05, 4.69) is 25.5 Å². The SMILES string of the molecule is CC(=O)OCC(=O)NNC(=O)c1ccc(N2CCC(Oc3ncccc3Cl)CC2)cc1. The first-order valence-corrected chi connectivity index (χ1v) is 10.1. The van der Waals surface area contributed by atoms with E-state index in [0.717, 1.165) is 31.6 Å². The van der Waals surface area contributed by atoms with E-state index in [1.54, 1.807) is 30.5 Å². The van der Waals surface area contributed by atoms with Gasteiger partial charge in [-0.15, -0.1) is 0 Å². The number of halogens is 1. The topological polar surface area (TPSA) is 110 Å². The average molecular weight is 447 g/mol. The normalized spacial score (nSPS) is 13.9. The van der Waals surface area contributed by atoms with E-state index >= 15 is 0 Å². The number of carbonyl (C=O) groups excluding carboxylic acids is 3. The van der Waals surface area contributed by atoms with Crippen LogP contribution in [-0.4, -0.2) is 48.6 Å². The molecule has 0 unspecified atom stereocenters. The third kappa shape index (κ3) is 6.58. The summed E-state index contributed by atoms with van der Waals surface area (Å²) in [6, 6.07) is 10.6. The van der Waals surface area contributed by atoms with Gasteiger partial charge in [0.15, 0.2) is 6.61 Å². The van der Waals surface area contributed by atoms with Gasteiger partial charge in [-0.05, 0) is 36.4 Å². The molecule has 31 heavy (non-hydrogen) atoms. The Labute approximate surface area is 184 Å². The minimum atomic E-state index is -0.628. The molecule has 2 amide bonds. The fraction of sp³-hybridized carbons (Fsp3) is 0.333. The second-order valence-corrected chi connectivity index (χ2v) is 7.33. The molecule has 0 spiro atoms. The highest BCUT2D eigenvalue weighted by atomic mass is 35.5. The van der Waals surface area contributed by atoms with Gasteiger partial charge in [0.1, 0.15) is 11.1 Å². The number of nitrogens with one attached hydrogen (secondary N) is 2. The van der Waals surface area contributed by atoms with Gasteiger partial charge in [0.25, 0.3) is 11.8 Å². The summed E-state index contributed by atoms with van der Waals surface area (Å²) in [5, 5.41) is 0.501. The number of piperidine rings is 1. The summed E-state index contributed by atoms with van der Waals surface area (Å²) in [5.41, 5.74) is 5.85. The highest BCUT2D eigenvalue weighted by Crippen LogP contribution is 2.26. The van der Waals surface area contributed by atoms with Crippen molar-refractivity contribution in [1.82, 2.24) is 15.8 Å². The van der Waals surface area contributed by atoms with Crippen LogP contribution < -0.4 is 20.5 Å². The van der Waals surface area contributed by atoms with Crippen LogP contribution in [0.3, 0.4) is 0 Å². The smallest absolute Gasteiger partial charge is 0.303 e. The molecule has 9 nitrogen and oxygen atoms in total. The van der Waals surface area contributed by atoms with Crippen molar-refractivity contribution in [3.8, 4) is 5.88 Å². The molecule has 1 aromatic heterocycles. The molecule has 10 heteroatoms. The molecule has 3 rings (SSSR count). The largest absolute Gasteiger partial charge is 0.473 e. The number of ether oxygens (including phenoxy) is 2. The van der Waals surface area contributed by atoms with Gasteiger partial charge in [0.2, 0.25) is 5.88 Å². The van der Waals surface area contributed by atoms with Gasteiger partial charge < -0.3 is 14.4 Å². The van der Waals surface area contributed by atoms with Crippen LogP contribution in [-0.2, 0) is 14.3 Å². The molecule has 0 saturated carbocycles. The lowest BCUT2D eigenvalue weighted by molar-refractivity contribution is -0.146. The maximum absolute atomic E-state index is 12.1. The molecule has 1 aliphatic heterocycles. The molecule has 0 aliphatic carbocycles. The number of rotatable bonds is 6. The Morgan fingerprint density at radius 1 is 1.13 bits per heavy atom. The summed E-state index contributed by atoms with van der Waals surface area (Å²) in [4.78, 5) is 40.7. The summed E-state index contributed by atoms with van der Waals surface area (Å²) in [6.45, 7) is 2.33. The molecular weight excluding hydrogens is 424 g/mol. The standard InChI is InChI=1S/C21H23ClN4O5/c1-14(27)30-13-19(28)24-25-20(29)15-4-6-16(7-5-15)26-11-8-17(9-12-26)31-21-18(22)3-2-10-23-21/h2-7,10,17H,8-9,11-13H2,1H3,(H,24,28)(H,25,29). The van der Waals surface area contributed by atoms with E-state index in [9.17, 15) is 14.4 Å². The number of esters is 1. The third-order valence-electron chi connectivity index (χ3n) is 4.66. The predicted molar refractivity (Wildman–Crippen MR) is 114 cm³/mol. The van der Waals surface area contributed by atoms with Crippen molar-refractivity contribution in [3.63, 3.8) is 0 Å². The number of aromatic nitrogens is 1. The molecule has 164 valence electrons. The lowest BCUT2D eigenvalue weighted by Gasteiger charge is -2.33. The molecule has 1 aliphatic rings. The van der Waals surface area contributed by atoms with E-state index in [0.29, 0.717) is 16.5 Å². The number of anilines is 1. The summed E-state index contributed by atoms with van der Waals surface area (Å²) in [6.07, 6.45) is 3.34. The van der Waals surface area contributed by atoms with Crippen LogP contribution in [0.15, 0.2) is 42.6 Å². The van der Waals surface area contributed by atoms with Gasteiger partial charge in [0, 0.05) is 50.3 Å². The van der Waals surface area contributed by atoms with E-state index in [-0.39, 0.29) is 6.10 Å². The van der Waals surface area contributed by atoms with E-state index < -0.39 is 24.4 Å². The number of amides is 2. The molecule has 2 heterocycles. The quantitative estimate of drug-likeness (QED) is 0.516. The second kappa shape index (κ2) is 10.6. The maximum atomic E-state index is 12.1. The Kier molecular flexibility index (Phi) is 7.66. The summed E-state index contributed by atoms with van der Waals surface area (Å²) in [5.74, 6) is -1.22. The van der Waals surface area contributed by atoms with Gasteiger partial charge >= 0.3 is 5.97 Å². The average Bonchev–Trinajstić information content (AvgIpc) is 2.78. The van der Waals surface area contributed by atoms with Crippen molar-refractivity contribution in [3.05, 3.63) is 53.2 Å². The molecule has 1 saturated heterocycles. The molecule has 1 fully saturated rings. The first kappa shape index (κ1) is 22.4. The molecule has 0 atom stereocenters. The fourth-order valence-electron chi connectivity index (χ4n) is 3.07. The van der Waals surface area contributed by atoms with Gasteiger partial charge in [-0.25, -0.2) is 4.98 Å². The minimum Gasteiger partial charge on any atom is -0.473 e. The molecule has 0 radical (unpaired) electrons. The van der Waals surface area contributed by atoms with Crippen LogP contribution >= 0.6 is 11.6 Å². The Balaban J connectivity index is 1.46. The molecule has 1 aromatic carbocycles. The van der Waals surface area contributed by atoms with E-state index in [1.165, 1.54) is 6.92 Å². The Morgan fingerprint density at radius 3 is 2.48 bits per heavy atom. The molecule has 2 N–H and O–H groups in total. The highest BCUT2D eigenvalue weighted by molar-refractivity contribution is 6.31. The van der Waals surface area contributed by atoms with Gasteiger partial charge in [-0.1, -0.05) is 11.6 Å². The van der Waals surface area contributed by atoms with E-state index in [4.69, 9.17) is 16.3 Å². The number of nitrogens with zero attached hydrogens (tertiary/aromatic N) is 2. The number of carbonyl (C=O) groups is 3. The van der Waals surface area contributed by atoms with Crippen molar-refractivity contribution in [2.24, 2.45) is 0 Å². The Morgan fingerprint density at radius 2 is 1.84 bits per heavy atom. The van der Waals surface area contributed by atoms with Crippen molar-refractivity contribution in [1.29, 1.82) is 0 Å². The van der Waals surface area contributed by atoms with Crippen LogP contribution in [0.4, 0.5) is 5.69 Å². The zero-order valence-electron chi connectivity index (χ0n) is 17.0. The second-order valence-electron chi connectivity index (χ2n) is 6.92. The van der Waals surface area contributed by atoms with Crippen molar-refractivity contribution in [2.45, 2.75) is 25.9 Å².